The van der Waals surface area contributed by atoms with E-state index in [4.69, 9.17) is 9.84 Å². The van der Waals surface area contributed by atoms with Crippen LogP contribution in [0.3, 0.4) is 0 Å². The Balaban J connectivity index is 1.83. The fourth-order valence-corrected chi connectivity index (χ4v) is 4.00. The summed E-state index contributed by atoms with van der Waals surface area (Å²) < 4.78 is 5.03. The normalized spacial score (nSPS) is 22.0. The fourth-order valence-electron chi connectivity index (χ4n) is 4.00. The van der Waals surface area contributed by atoms with E-state index >= 15 is 0 Å². The van der Waals surface area contributed by atoms with E-state index in [1.54, 1.807) is 37.3 Å². The molecule has 0 aromatic heterocycles. The summed E-state index contributed by atoms with van der Waals surface area (Å²) in [6.07, 6.45) is 3.48. The first-order valence-corrected chi connectivity index (χ1v) is 9.96. The van der Waals surface area contributed by atoms with Gasteiger partial charge in [-0.25, -0.2) is 4.79 Å². The number of hydrogen-bond donors (Lipinski definition) is 2. The number of benzene rings is 2. The zero-order valence-electron chi connectivity index (χ0n) is 16.7. The molecule has 156 valence electrons. The van der Waals surface area contributed by atoms with Gasteiger partial charge in [-0.2, -0.15) is 0 Å². The van der Waals surface area contributed by atoms with Gasteiger partial charge in [-0.3, -0.25) is 14.6 Å². The van der Waals surface area contributed by atoms with Gasteiger partial charge in [-0.15, -0.1) is 0 Å². The number of aliphatic hydroxyl groups is 2. The number of aliphatic hydroxyl groups excluding tert-OH is 1. The summed E-state index contributed by atoms with van der Waals surface area (Å²) in [7, 11) is 0. The van der Waals surface area contributed by atoms with Crippen LogP contribution in [0.1, 0.15) is 18.9 Å². The van der Waals surface area contributed by atoms with Crippen LogP contribution in [-0.4, -0.2) is 42.0 Å². The SMILES string of the molecule is C[C@H](/C=C/CCO)[C@@]1(O)C(=O)N(c2ccccc2)c2ccc(N3CCOC3=O)cc21. The van der Waals surface area contributed by atoms with Crippen LogP contribution in [0.15, 0.2) is 60.7 Å². The number of amides is 2. The molecule has 0 saturated carbocycles. The zero-order valence-corrected chi connectivity index (χ0v) is 16.7. The largest absolute Gasteiger partial charge is 0.447 e. The second kappa shape index (κ2) is 7.93. The van der Waals surface area contributed by atoms with Gasteiger partial charge in [0.2, 0.25) is 0 Å². The first-order chi connectivity index (χ1) is 14.5. The molecule has 2 aliphatic heterocycles. The second-order valence-corrected chi connectivity index (χ2v) is 7.44. The predicted octanol–water partition coefficient (Wildman–Crippen LogP) is 3.08. The molecule has 0 spiro atoms. The molecule has 7 nitrogen and oxygen atoms in total. The molecule has 0 bridgehead atoms. The van der Waals surface area contributed by atoms with Gasteiger partial charge in [0, 0.05) is 29.5 Å². The maximum Gasteiger partial charge on any atom is 0.414 e. The Morgan fingerprint density at radius 3 is 2.60 bits per heavy atom. The average Bonchev–Trinajstić information content (AvgIpc) is 3.28. The lowest BCUT2D eigenvalue weighted by molar-refractivity contribution is -0.138. The third kappa shape index (κ3) is 3.16. The minimum absolute atomic E-state index is 0.0104. The summed E-state index contributed by atoms with van der Waals surface area (Å²) in [5.74, 6) is -1.00. The third-order valence-electron chi connectivity index (χ3n) is 5.63. The summed E-state index contributed by atoms with van der Waals surface area (Å²) >= 11 is 0. The van der Waals surface area contributed by atoms with Crippen molar-refractivity contribution >= 4 is 29.1 Å². The topological polar surface area (TPSA) is 90.3 Å². The number of ether oxygens (including phenoxy) is 1. The molecule has 0 radical (unpaired) electrons. The van der Waals surface area contributed by atoms with E-state index in [2.05, 4.69) is 0 Å². The first-order valence-electron chi connectivity index (χ1n) is 9.96. The highest BCUT2D eigenvalue weighted by Gasteiger charge is 2.53. The molecule has 2 aliphatic rings. The number of fused-ring (bicyclic) bond motifs is 1. The first kappa shape index (κ1) is 20.1. The molecule has 1 fully saturated rings. The number of cyclic esters (lactones) is 1. The van der Waals surface area contributed by atoms with Crippen molar-refractivity contribution in [2.45, 2.75) is 18.9 Å². The molecule has 0 unspecified atom stereocenters. The molecular weight excluding hydrogens is 384 g/mol. The van der Waals surface area contributed by atoms with Crippen molar-refractivity contribution in [2.75, 3.05) is 29.6 Å². The number of para-hydroxylation sites is 1. The molecule has 4 rings (SSSR count). The van der Waals surface area contributed by atoms with Gasteiger partial charge < -0.3 is 14.9 Å². The number of anilines is 3. The Morgan fingerprint density at radius 2 is 1.93 bits per heavy atom. The smallest absolute Gasteiger partial charge is 0.414 e. The third-order valence-corrected chi connectivity index (χ3v) is 5.63. The van der Waals surface area contributed by atoms with Crippen molar-refractivity contribution in [1.29, 1.82) is 0 Å². The van der Waals surface area contributed by atoms with E-state index in [0.29, 0.717) is 42.2 Å². The Kier molecular flexibility index (Phi) is 5.32. The molecule has 2 aromatic rings. The predicted molar refractivity (Wildman–Crippen MR) is 113 cm³/mol. The number of carbonyl (C=O) groups excluding carboxylic acids is 2. The zero-order chi connectivity index (χ0) is 21.3. The van der Waals surface area contributed by atoms with Crippen LogP contribution in [-0.2, 0) is 15.1 Å². The van der Waals surface area contributed by atoms with Crippen LogP contribution in [0.2, 0.25) is 0 Å². The van der Waals surface area contributed by atoms with Crippen molar-refractivity contribution in [1.82, 2.24) is 0 Å². The number of nitrogens with zero attached hydrogens (tertiary/aromatic N) is 2. The van der Waals surface area contributed by atoms with Crippen LogP contribution >= 0.6 is 0 Å². The maximum atomic E-state index is 13.5. The van der Waals surface area contributed by atoms with Crippen LogP contribution in [0.25, 0.3) is 0 Å². The summed E-state index contributed by atoms with van der Waals surface area (Å²) in [6, 6.07) is 14.4. The van der Waals surface area contributed by atoms with Gasteiger partial charge in [0.05, 0.1) is 12.2 Å². The highest BCUT2D eigenvalue weighted by atomic mass is 16.6. The van der Waals surface area contributed by atoms with E-state index < -0.39 is 23.5 Å². The second-order valence-electron chi connectivity index (χ2n) is 7.44. The van der Waals surface area contributed by atoms with Gasteiger partial charge in [0.15, 0.2) is 5.60 Å². The van der Waals surface area contributed by atoms with E-state index in [0.717, 1.165) is 0 Å². The van der Waals surface area contributed by atoms with Gasteiger partial charge in [-0.1, -0.05) is 37.3 Å². The molecule has 2 aromatic carbocycles. The monoisotopic (exact) mass is 408 g/mol. The van der Waals surface area contributed by atoms with Crippen molar-refractivity contribution in [3.8, 4) is 0 Å². The van der Waals surface area contributed by atoms with Crippen molar-refractivity contribution in [2.24, 2.45) is 5.92 Å². The van der Waals surface area contributed by atoms with Crippen molar-refractivity contribution in [3.05, 3.63) is 66.2 Å². The molecule has 2 heterocycles. The van der Waals surface area contributed by atoms with E-state index in [1.807, 2.05) is 30.3 Å². The summed E-state index contributed by atoms with van der Waals surface area (Å²) in [5, 5.41) is 20.8. The average molecular weight is 408 g/mol. The van der Waals surface area contributed by atoms with Gasteiger partial charge >= 0.3 is 6.09 Å². The fraction of sp³-hybridized carbons (Fsp3) is 0.304. The van der Waals surface area contributed by atoms with Gasteiger partial charge in [0.25, 0.3) is 5.91 Å². The minimum atomic E-state index is -1.81. The highest BCUT2D eigenvalue weighted by molar-refractivity contribution is 6.12. The molecule has 30 heavy (non-hydrogen) atoms. The van der Waals surface area contributed by atoms with Crippen LogP contribution in [0.4, 0.5) is 21.9 Å². The molecule has 2 N–H and O–H groups in total. The molecular formula is C23H24N2O5. The number of rotatable bonds is 6. The van der Waals surface area contributed by atoms with Crippen LogP contribution in [0.5, 0.6) is 0 Å². The molecule has 7 heteroatoms. The van der Waals surface area contributed by atoms with Crippen molar-refractivity contribution < 1.29 is 24.5 Å². The Morgan fingerprint density at radius 1 is 1.17 bits per heavy atom. The summed E-state index contributed by atoms with van der Waals surface area (Å²) in [4.78, 5) is 28.6. The minimum Gasteiger partial charge on any atom is -0.447 e. The highest BCUT2D eigenvalue weighted by Crippen LogP contribution is 2.49. The molecule has 2 amide bonds. The van der Waals surface area contributed by atoms with E-state index in [9.17, 15) is 14.7 Å². The van der Waals surface area contributed by atoms with Crippen molar-refractivity contribution in [3.63, 3.8) is 0 Å². The van der Waals surface area contributed by atoms with Gasteiger partial charge in [-0.05, 0) is 36.8 Å². The standard InChI is InChI=1S/C23H24N2O5/c1-16(7-5-6-13-26)23(29)19-15-18(24-12-14-30-22(24)28)10-11-20(19)25(21(23)27)17-8-3-2-4-9-17/h2-5,7-11,15-16,26,29H,6,12-14H2,1H3/b7-5+/t16-,23+/m1/s1. The number of carbonyl (C=O) groups is 2. The lowest BCUT2D eigenvalue weighted by Gasteiger charge is -2.28. The summed E-state index contributed by atoms with van der Waals surface area (Å²) in [5.41, 5.74) is 0.433. The lowest BCUT2D eigenvalue weighted by atomic mass is 9.82. The van der Waals surface area contributed by atoms with E-state index in [1.165, 1.54) is 9.80 Å². The van der Waals surface area contributed by atoms with E-state index in [-0.39, 0.29) is 6.61 Å². The summed E-state index contributed by atoms with van der Waals surface area (Å²) in [6.45, 7) is 2.47. The van der Waals surface area contributed by atoms with Crippen LogP contribution < -0.4 is 9.80 Å². The Bertz CT molecular complexity index is 990. The Hall–Kier alpha value is -3.16. The quantitative estimate of drug-likeness (QED) is 0.717. The van der Waals surface area contributed by atoms with Crippen LogP contribution in [0, 0.1) is 5.92 Å². The maximum absolute atomic E-state index is 13.5. The van der Waals surface area contributed by atoms with Gasteiger partial charge in [0.1, 0.15) is 6.61 Å². The molecule has 1 saturated heterocycles. The lowest BCUT2D eigenvalue weighted by Crippen LogP contribution is -2.42. The Labute approximate surface area is 174 Å². The molecule has 2 atom stereocenters. The number of hydrogen-bond acceptors (Lipinski definition) is 5. The molecule has 0 aliphatic carbocycles.